The Balaban J connectivity index is 1.62. The number of carboxylic acids is 1. The van der Waals surface area contributed by atoms with Crippen LogP contribution in [-0.2, 0) is 14.3 Å². The molecule has 0 aromatic heterocycles. The number of amides is 2. The number of benzene rings is 2. The second kappa shape index (κ2) is 9.97. The monoisotopic (exact) mass is 460 g/mol. The highest BCUT2D eigenvalue weighted by Gasteiger charge is 2.35. The Hall–Kier alpha value is -3.49. The van der Waals surface area contributed by atoms with Crippen LogP contribution in [0.3, 0.4) is 0 Å². The second-order valence-electron chi connectivity index (χ2n) is 8.15. The molecule has 9 heteroatoms. The van der Waals surface area contributed by atoms with E-state index in [0.29, 0.717) is 0 Å². The molecular weight excluding hydrogens is 434 g/mol. The highest BCUT2D eigenvalue weighted by Crippen LogP contribution is 2.44. The minimum absolute atomic E-state index is 0.0606. The summed E-state index contributed by atoms with van der Waals surface area (Å²) >= 11 is 0. The van der Waals surface area contributed by atoms with E-state index in [1.165, 1.54) is 6.92 Å². The van der Waals surface area contributed by atoms with Crippen LogP contribution in [0.4, 0.5) is 13.6 Å². The van der Waals surface area contributed by atoms with Crippen molar-refractivity contribution in [1.82, 2.24) is 10.6 Å². The lowest BCUT2D eigenvalue weighted by Crippen LogP contribution is -2.53. The minimum Gasteiger partial charge on any atom is -0.480 e. The lowest BCUT2D eigenvalue weighted by atomic mass is 9.98. The first-order valence-electron chi connectivity index (χ1n) is 10.6. The number of halogens is 2. The Morgan fingerprint density at radius 1 is 1.06 bits per heavy atom. The fourth-order valence-corrected chi connectivity index (χ4v) is 3.85. The number of alkyl halides is 2. The summed E-state index contributed by atoms with van der Waals surface area (Å²) in [4.78, 5) is 35.8. The molecule has 33 heavy (non-hydrogen) atoms. The van der Waals surface area contributed by atoms with E-state index < -0.39 is 42.4 Å². The molecule has 1 aliphatic carbocycles. The minimum atomic E-state index is -3.05. The van der Waals surface area contributed by atoms with Crippen molar-refractivity contribution in [2.24, 2.45) is 0 Å². The summed E-state index contributed by atoms with van der Waals surface area (Å²) in [5, 5.41) is 13.5. The zero-order chi connectivity index (χ0) is 24.2. The molecule has 2 amide bonds. The maximum atomic E-state index is 13.5. The second-order valence-corrected chi connectivity index (χ2v) is 8.15. The number of carboxylic acid groups (broad SMARTS) is 1. The average molecular weight is 460 g/mol. The van der Waals surface area contributed by atoms with Gasteiger partial charge < -0.3 is 20.5 Å². The standard InChI is InChI=1S/C24H26F2N2O5/c1-3-24(2,22(30)31)28-20(29)12-19(21(25)26)27-23(32)33-13-18-16-10-6-4-8-14(16)15-9-5-7-11-17(15)18/h4-11,18-19,21H,3,12-13H2,1-2H3,(H,27,32)(H,28,29)(H,30,31). The average Bonchev–Trinajstić information content (AvgIpc) is 3.10. The molecular formula is C24H26F2N2O5. The molecule has 0 fully saturated rings. The molecule has 0 aliphatic heterocycles. The summed E-state index contributed by atoms with van der Waals surface area (Å²) in [6, 6.07) is 13.6. The number of carbonyl (C=O) groups excluding carboxylic acids is 2. The molecule has 2 unspecified atom stereocenters. The molecule has 3 N–H and O–H groups in total. The van der Waals surface area contributed by atoms with E-state index in [4.69, 9.17) is 4.74 Å². The van der Waals surface area contributed by atoms with Gasteiger partial charge in [-0.3, -0.25) is 4.79 Å². The van der Waals surface area contributed by atoms with Crippen LogP contribution in [0.5, 0.6) is 0 Å². The van der Waals surface area contributed by atoms with Gasteiger partial charge in [-0.25, -0.2) is 18.4 Å². The van der Waals surface area contributed by atoms with Crippen LogP contribution in [0.1, 0.15) is 43.7 Å². The zero-order valence-electron chi connectivity index (χ0n) is 18.3. The number of carbonyl (C=O) groups is 3. The van der Waals surface area contributed by atoms with Gasteiger partial charge in [-0.15, -0.1) is 0 Å². The summed E-state index contributed by atoms with van der Waals surface area (Å²) in [7, 11) is 0. The van der Waals surface area contributed by atoms with Gasteiger partial charge in [-0.2, -0.15) is 0 Å². The summed E-state index contributed by atoms with van der Waals surface area (Å²) in [6.45, 7) is 2.77. The highest BCUT2D eigenvalue weighted by atomic mass is 19.3. The van der Waals surface area contributed by atoms with Gasteiger partial charge in [0.05, 0.1) is 6.42 Å². The third kappa shape index (κ3) is 5.30. The quantitative estimate of drug-likeness (QED) is 0.526. The fourth-order valence-electron chi connectivity index (χ4n) is 3.85. The number of fused-ring (bicyclic) bond motifs is 3. The normalized spacial score (nSPS) is 15.2. The van der Waals surface area contributed by atoms with Gasteiger partial charge in [-0.1, -0.05) is 55.5 Å². The summed E-state index contributed by atoms with van der Waals surface area (Å²) in [6.07, 6.45) is -4.85. The molecule has 2 aromatic rings. The van der Waals surface area contributed by atoms with E-state index in [1.807, 2.05) is 53.8 Å². The largest absolute Gasteiger partial charge is 0.480 e. The van der Waals surface area contributed by atoms with Gasteiger partial charge in [0, 0.05) is 5.92 Å². The molecule has 0 heterocycles. The third-order valence-electron chi connectivity index (χ3n) is 5.95. The first-order valence-corrected chi connectivity index (χ1v) is 10.6. The van der Waals surface area contributed by atoms with Gasteiger partial charge in [0.15, 0.2) is 0 Å². The molecule has 2 atom stereocenters. The van der Waals surface area contributed by atoms with Crippen LogP contribution >= 0.6 is 0 Å². The number of rotatable bonds is 9. The van der Waals surface area contributed by atoms with Crippen molar-refractivity contribution in [3.8, 4) is 11.1 Å². The van der Waals surface area contributed by atoms with Crippen LogP contribution in [0.25, 0.3) is 11.1 Å². The van der Waals surface area contributed by atoms with Crippen molar-refractivity contribution >= 4 is 18.0 Å². The molecule has 0 saturated heterocycles. The van der Waals surface area contributed by atoms with Crippen LogP contribution in [0.2, 0.25) is 0 Å². The van der Waals surface area contributed by atoms with E-state index in [1.54, 1.807) is 6.92 Å². The maximum absolute atomic E-state index is 13.5. The molecule has 0 bridgehead atoms. The van der Waals surface area contributed by atoms with Crippen LogP contribution in [0.15, 0.2) is 48.5 Å². The van der Waals surface area contributed by atoms with Crippen molar-refractivity contribution in [2.45, 2.75) is 50.6 Å². The van der Waals surface area contributed by atoms with Crippen LogP contribution in [0, 0.1) is 0 Å². The van der Waals surface area contributed by atoms with E-state index in [2.05, 4.69) is 5.32 Å². The first kappa shape index (κ1) is 24.2. The van der Waals surface area contributed by atoms with Gasteiger partial charge >= 0.3 is 12.1 Å². The van der Waals surface area contributed by atoms with Crippen molar-refractivity contribution in [1.29, 1.82) is 0 Å². The number of alkyl carbamates (subject to hydrolysis) is 1. The van der Waals surface area contributed by atoms with E-state index in [0.717, 1.165) is 22.3 Å². The summed E-state index contributed by atoms with van der Waals surface area (Å²) in [5.41, 5.74) is 2.42. The van der Waals surface area contributed by atoms with E-state index in [9.17, 15) is 28.3 Å². The van der Waals surface area contributed by atoms with Gasteiger partial charge in [0.25, 0.3) is 6.43 Å². The number of aliphatic carboxylic acids is 1. The molecule has 176 valence electrons. The molecule has 7 nitrogen and oxygen atoms in total. The smallest absolute Gasteiger partial charge is 0.407 e. The molecule has 0 saturated carbocycles. The fraction of sp³-hybridized carbons (Fsp3) is 0.375. The number of hydrogen-bond donors (Lipinski definition) is 3. The van der Waals surface area contributed by atoms with E-state index in [-0.39, 0.29) is 18.9 Å². The first-order chi connectivity index (χ1) is 15.7. The molecule has 0 radical (unpaired) electrons. The third-order valence-corrected chi connectivity index (χ3v) is 5.95. The Morgan fingerprint density at radius 2 is 1.61 bits per heavy atom. The van der Waals surface area contributed by atoms with Crippen molar-refractivity contribution < 1.29 is 33.0 Å². The number of hydrogen-bond acceptors (Lipinski definition) is 4. The lowest BCUT2D eigenvalue weighted by Gasteiger charge is -2.26. The Morgan fingerprint density at radius 3 is 2.09 bits per heavy atom. The Bertz CT molecular complexity index is 1000. The highest BCUT2D eigenvalue weighted by molar-refractivity contribution is 5.87. The van der Waals surface area contributed by atoms with E-state index >= 15 is 0 Å². The lowest BCUT2D eigenvalue weighted by molar-refractivity contribution is -0.147. The maximum Gasteiger partial charge on any atom is 0.407 e. The molecule has 0 spiro atoms. The Kier molecular flexibility index (Phi) is 7.30. The molecule has 1 aliphatic rings. The van der Waals surface area contributed by atoms with Crippen molar-refractivity contribution in [3.63, 3.8) is 0 Å². The SMILES string of the molecule is CCC(C)(NC(=O)CC(NC(=O)OCC1c2ccccc2-c2ccccc21)C(F)F)C(=O)O. The number of nitrogens with one attached hydrogen (secondary N) is 2. The van der Waals surface area contributed by atoms with Gasteiger partial charge in [-0.05, 0) is 35.6 Å². The van der Waals surface area contributed by atoms with Crippen molar-refractivity contribution in [3.05, 3.63) is 59.7 Å². The Labute approximate surface area is 190 Å². The molecule has 3 rings (SSSR count). The summed E-state index contributed by atoms with van der Waals surface area (Å²) in [5.74, 6) is -2.43. The van der Waals surface area contributed by atoms with Gasteiger partial charge in [0.1, 0.15) is 18.2 Å². The van der Waals surface area contributed by atoms with Crippen LogP contribution in [-0.4, -0.2) is 47.7 Å². The van der Waals surface area contributed by atoms with Crippen LogP contribution < -0.4 is 10.6 Å². The zero-order valence-corrected chi connectivity index (χ0v) is 18.3. The predicted octanol–water partition coefficient (Wildman–Crippen LogP) is 3.92. The molecule has 2 aromatic carbocycles. The van der Waals surface area contributed by atoms with Crippen molar-refractivity contribution in [2.75, 3.05) is 6.61 Å². The van der Waals surface area contributed by atoms with Gasteiger partial charge in [0.2, 0.25) is 5.91 Å². The topological polar surface area (TPSA) is 105 Å². The summed E-state index contributed by atoms with van der Waals surface area (Å²) < 4.78 is 32.2. The number of ether oxygens (including phenoxy) is 1. The predicted molar refractivity (Wildman–Crippen MR) is 117 cm³/mol.